The highest BCUT2D eigenvalue weighted by Crippen LogP contribution is 2.29. The van der Waals surface area contributed by atoms with Crippen LogP contribution in [0.2, 0.25) is 0 Å². The van der Waals surface area contributed by atoms with Crippen LogP contribution < -0.4 is 0 Å². The number of amides is 1. The lowest BCUT2D eigenvalue weighted by atomic mass is 9.97. The first-order valence-electron chi connectivity index (χ1n) is 8.11. The predicted octanol–water partition coefficient (Wildman–Crippen LogP) is 4.61. The Morgan fingerprint density at radius 1 is 1.17 bits per heavy atom. The summed E-state index contributed by atoms with van der Waals surface area (Å²) in [6.07, 6.45) is 1.96. The Balaban J connectivity index is 1.54. The molecule has 1 fully saturated rings. The molecule has 0 spiro atoms. The third-order valence-electron chi connectivity index (χ3n) is 4.46. The normalized spacial score (nSPS) is 18.0. The van der Waals surface area contributed by atoms with Crippen molar-refractivity contribution in [1.29, 1.82) is 0 Å². The zero-order chi connectivity index (χ0) is 16.5. The molecule has 1 atom stereocenters. The van der Waals surface area contributed by atoms with Crippen molar-refractivity contribution in [3.05, 3.63) is 64.5 Å². The molecule has 0 bridgehead atoms. The SMILES string of the molecule is O=C(c1ccc(Br)cc1)N1CCC[C@H](c2nc3ccccc3o2)C1. The average Bonchev–Trinajstić information content (AvgIpc) is 3.06. The van der Waals surface area contributed by atoms with Crippen molar-refractivity contribution in [3.8, 4) is 0 Å². The molecule has 122 valence electrons. The van der Waals surface area contributed by atoms with Gasteiger partial charge in [-0.3, -0.25) is 4.79 Å². The Bertz CT molecular complexity index is 839. The van der Waals surface area contributed by atoms with Gasteiger partial charge in [-0.05, 0) is 49.2 Å². The van der Waals surface area contributed by atoms with Crippen molar-refractivity contribution in [3.63, 3.8) is 0 Å². The Morgan fingerprint density at radius 2 is 1.96 bits per heavy atom. The van der Waals surface area contributed by atoms with Crippen molar-refractivity contribution in [2.75, 3.05) is 13.1 Å². The fourth-order valence-electron chi connectivity index (χ4n) is 3.20. The van der Waals surface area contributed by atoms with E-state index in [1.54, 1.807) is 0 Å². The maximum atomic E-state index is 12.7. The minimum Gasteiger partial charge on any atom is -0.440 e. The molecule has 4 rings (SSSR count). The number of halogens is 1. The van der Waals surface area contributed by atoms with Gasteiger partial charge < -0.3 is 9.32 Å². The third-order valence-corrected chi connectivity index (χ3v) is 4.99. The number of benzene rings is 2. The molecule has 1 saturated heterocycles. The summed E-state index contributed by atoms with van der Waals surface area (Å²) in [6.45, 7) is 1.44. The lowest BCUT2D eigenvalue weighted by Crippen LogP contribution is -2.39. The largest absolute Gasteiger partial charge is 0.440 e. The number of likely N-dealkylation sites (tertiary alicyclic amines) is 1. The van der Waals surface area contributed by atoms with Crippen LogP contribution in [0.1, 0.15) is 35.0 Å². The van der Waals surface area contributed by atoms with Crippen LogP contribution in [0.15, 0.2) is 57.4 Å². The molecule has 1 aliphatic heterocycles. The highest BCUT2D eigenvalue weighted by Gasteiger charge is 2.28. The predicted molar refractivity (Wildman–Crippen MR) is 96.0 cm³/mol. The fourth-order valence-corrected chi connectivity index (χ4v) is 3.47. The van der Waals surface area contributed by atoms with Gasteiger partial charge in [-0.15, -0.1) is 0 Å². The summed E-state index contributed by atoms with van der Waals surface area (Å²) in [5.74, 6) is 0.971. The van der Waals surface area contributed by atoms with E-state index in [0.29, 0.717) is 6.54 Å². The standard InChI is InChI=1S/C19H17BrN2O2/c20-15-9-7-13(8-10-15)19(23)22-11-3-4-14(12-22)18-21-16-5-1-2-6-17(16)24-18/h1-2,5-10,14H,3-4,11-12H2/t14-/m0/s1. The fraction of sp³-hybridized carbons (Fsp3) is 0.263. The lowest BCUT2D eigenvalue weighted by Gasteiger charge is -2.31. The van der Waals surface area contributed by atoms with E-state index in [9.17, 15) is 4.79 Å². The third kappa shape index (κ3) is 2.96. The van der Waals surface area contributed by atoms with Gasteiger partial charge in [-0.25, -0.2) is 4.98 Å². The first-order valence-corrected chi connectivity index (χ1v) is 8.90. The van der Waals surface area contributed by atoms with Crippen LogP contribution in [0.3, 0.4) is 0 Å². The van der Waals surface area contributed by atoms with Crippen LogP contribution in [0.25, 0.3) is 11.1 Å². The molecular formula is C19H17BrN2O2. The molecule has 0 N–H and O–H groups in total. The minimum atomic E-state index is 0.0725. The van der Waals surface area contributed by atoms with Gasteiger partial charge in [0.1, 0.15) is 5.52 Å². The number of aromatic nitrogens is 1. The second kappa shape index (κ2) is 6.40. The van der Waals surface area contributed by atoms with E-state index in [4.69, 9.17) is 4.42 Å². The summed E-state index contributed by atoms with van der Waals surface area (Å²) in [4.78, 5) is 19.2. The zero-order valence-corrected chi connectivity index (χ0v) is 14.7. The van der Waals surface area contributed by atoms with Crippen LogP contribution >= 0.6 is 15.9 Å². The summed E-state index contributed by atoms with van der Waals surface area (Å²) in [5, 5.41) is 0. The molecule has 1 aromatic heterocycles. The number of para-hydroxylation sites is 2. The smallest absolute Gasteiger partial charge is 0.253 e. The van der Waals surface area contributed by atoms with Crippen LogP contribution in [0.4, 0.5) is 0 Å². The average molecular weight is 385 g/mol. The first kappa shape index (κ1) is 15.4. The van der Waals surface area contributed by atoms with Gasteiger partial charge in [0.25, 0.3) is 5.91 Å². The zero-order valence-electron chi connectivity index (χ0n) is 13.1. The van der Waals surface area contributed by atoms with E-state index < -0.39 is 0 Å². The number of nitrogens with zero attached hydrogens (tertiary/aromatic N) is 2. The van der Waals surface area contributed by atoms with Gasteiger partial charge in [0.05, 0.1) is 5.92 Å². The molecule has 0 unspecified atom stereocenters. The topological polar surface area (TPSA) is 46.3 Å². The van der Waals surface area contributed by atoms with Crippen molar-refractivity contribution in [2.24, 2.45) is 0 Å². The summed E-state index contributed by atoms with van der Waals surface area (Å²) in [5.41, 5.74) is 2.41. The number of hydrogen-bond donors (Lipinski definition) is 0. The minimum absolute atomic E-state index is 0.0725. The van der Waals surface area contributed by atoms with E-state index in [-0.39, 0.29) is 11.8 Å². The Labute approximate surface area is 148 Å². The van der Waals surface area contributed by atoms with E-state index in [1.165, 1.54) is 0 Å². The molecule has 2 aromatic carbocycles. The number of oxazole rings is 1. The number of fused-ring (bicyclic) bond motifs is 1. The van der Waals surface area contributed by atoms with Crippen LogP contribution in [0, 0.1) is 0 Å². The summed E-state index contributed by atoms with van der Waals surface area (Å²) in [6, 6.07) is 15.3. The molecule has 1 amide bonds. The second-order valence-electron chi connectivity index (χ2n) is 6.12. The van der Waals surface area contributed by atoms with Gasteiger partial charge in [-0.2, -0.15) is 0 Å². The highest BCUT2D eigenvalue weighted by molar-refractivity contribution is 9.10. The Morgan fingerprint density at radius 3 is 2.75 bits per heavy atom. The number of piperidine rings is 1. The van der Waals surface area contributed by atoms with Gasteiger partial charge in [0.15, 0.2) is 11.5 Å². The van der Waals surface area contributed by atoms with Gasteiger partial charge >= 0.3 is 0 Å². The quantitative estimate of drug-likeness (QED) is 0.647. The first-order chi connectivity index (χ1) is 11.7. The molecule has 24 heavy (non-hydrogen) atoms. The molecule has 0 radical (unpaired) electrons. The number of hydrogen-bond acceptors (Lipinski definition) is 3. The van der Waals surface area contributed by atoms with E-state index in [1.807, 2.05) is 53.4 Å². The molecule has 5 heteroatoms. The molecule has 3 aromatic rings. The summed E-state index contributed by atoms with van der Waals surface area (Å²) >= 11 is 3.40. The Kier molecular flexibility index (Phi) is 4.10. The van der Waals surface area contributed by atoms with Crippen LogP contribution in [-0.4, -0.2) is 28.9 Å². The Hall–Kier alpha value is -2.14. The van der Waals surface area contributed by atoms with Crippen molar-refractivity contribution in [2.45, 2.75) is 18.8 Å². The molecular weight excluding hydrogens is 368 g/mol. The van der Waals surface area contributed by atoms with Gasteiger partial charge in [0.2, 0.25) is 0 Å². The monoisotopic (exact) mass is 384 g/mol. The molecule has 1 aliphatic rings. The molecule has 4 nitrogen and oxygen atoms in total. The maximum absolute atomic E-state index is 12.7. The second-order valence-corrected chi connectivity index (χ2v) is 7.03. The molecule has 0 saturated carbocycles. The maximum Gasteiger partial charge on any atom is 0.253 e. The number of carbonyl (C=O) groups excluding carboxylic acids is 1. The summed E-state index contributed by atoms with van der Waals surface area (Å²) in [7, 11) is 0. The van der Waals surface area contributed by atoms with Crippen molar-refractivity contribution < 1.29 is 9.21 Å². The van der Waals surface area contributed by atoms with E-state index >= 15 is 0 Å². The van der Waals surface area contributed by atoms with E-state index in [2.05, 4.69) is 20.9 Å². The van der Waals surface area contributed by atoms with E-state index in [0.717, 1.165) is 46.4 Å². The molecule has 0 aliphatic carbocycles. The number of carbonyl (C=O) groups is 1. The summed E-state index contributed by atoms with van der Waals surface area (Å²) < 4.78 is 6.88. The number of rotatable bonds is 2. The van der Waals surface area contributed by atoms with Crippen LogP contribution in [0.5, 0.6) is 0 Å². The lowest BCUT2D eigenvalue weighted by molar-refractivity contribution is 0.0699. The van der Waals surface area contributed by atoms with Gasteiger partial charge in [-0.1, -0.05) is 28.1 Å². The molecule has 2 heterocycles. The van der Waals surface area contributed by atoms with Crippen molar-refractivity contribution in [1.82, 2.24) is 9.88 Å². The van der Waals surface area contributed by atoms with Crippen molar-refractivity contribution >= 4 is 32.9 Å². The highest BCUT2D eigenvalue weighted by atomic mass is 79.9. The van der Waals surface area contributed by atoms with Gasteiger partial charge in [0, 0.05) is 23.1 Å². The van der Waals surface area contributed by atoms with Crippen LogP contribution in [-0.2, 0) is 0 Å².